The molecule has 3 heteroatoms. The van der Waals surface area contributed by atoms with Crippen molar-refractivity contribution in [2.75, 3.05) is 24.6 Å². The molecule has 2 saturated heterocycles. The van der Waals surface area contributed by atoms with Crippen LogP contribution in [-0.4, -0.2) is 41.1 Å². The maximum absolute atomic E-state index is 6.40. The number of rotatable bonds is 3. The maximum Gasteiger partial charge on any atom is 0.0475 e. The number of nitrogens with zero attached hydrogens (tertiary/aromatic N) is 1. The van der Waals surface area contributed by atoms with Crippen LogP contribution in [0.15, 0.2) is 0 Å². The van der Waals surface area contributed by atoms with E-state index in [1.54, 1.807) is 0 Å². The third kappa shape index (κ3) is 2.34. The minimum atomic E-state index is 0.250. The molecule has 0 aromatic carbocycles. The van der Waals surface area contributed by atoms with Crippen LogP contribution in [0, 0.1) is 11.3 Å². The summed E-state index contributed by atoms with van der Waals surface area (Å²) in [6, 6.07) is 0.832. The molecular formula is C17H32N2S. The lowest BCUT2D eigenvalue weighted by Crippen LogP contribution is -2.67. The van der Waals surface area contributed by atoms with Crippen LogP contribution in [0.4, 0.5) is 0 Å². The van der Waals surface area contributed by atoms with E-state index < -0.39 is 0 Å². The summed E-state index contributed by atoms with van der Waals surface area (Å²) in [4.78, 5) is 2.90. The first-order valence-corrected chi connectivity index (χ1v) is 9.81. The van der Waals surface area contributed by atoms with Gasteiger partial charge in [0, 0.05) is 23.9 Å². The van der Waals surface area contributed by atoms with Gasteiger partial charge in [-0.3, -0.25) is 4.90 Å². The zero-order valence-electron chi connectivity index (χ0n) is 13.4. The molecule has 0 bridgehead atoms. The molecule has 3 aliphatic rings. The molecule has 0 aromatic rings. The molecule has 2 atom stereocenters. The van der Waals surface area contributed by atoms with E-state index in [2.05, 4.69) is 30.5 Å². The standard InChI is InChI=1S/C17H32N2S/c1-16(2)9-11-20-13-17(16,12-18)19-10-5-8-15(19)14-6-3-4-7-14/h14-15H,3-13,18H2,1-2H3. The van der Waals surface area contributed by atoms with Crippen LogP contribution in [0.2, 0.25) is 0 Å². The molecule has 1 saturated carbocycles. The van der Waals surface area contributed by atoms with Crippen LogP contribution in [0.5, 0.6) is 0 Å². The highest BCUT2D eigenvalue weighted by Gasteiger charge is 2.53. The Bertz CT molecular complexity index is 338. The SMILES string of the molecule is CC1(C)CCSCC1(CN)N1CCCC1C1CCCC1. The Kier molecular flexibility index (Phi) is 4.41. The molecule has 0 radical (unpaired) electrons. The van der Waals surface area contributed by atoms with E-state index in [-0.39, 0.29) is 5.54 Å². The van der Waals surface area contributed by atoms with Crippen molar-refractivity contribution >= 4 is 11.8 Å². The first-order valence-electron chi connectivity index (χ1n) is 8.65. The van der Waals surface area contributed by atoms with Crippen LogP contribution in [0.25, 0.3) is 0 Å². The van der Waals surface area contributed by atoms with Gasteiger partial charge in [0.05, 0.1) is 0 Å². The minimum absolute atomic E-state index is 0.250. The Morgan fingerprint density at radius 2 is 1.90 bits per heavy atom. The van der Waals surface area contributed by atoms with E-state index in [1.165, 1.54) is 63.0 Å². The highest BCUT2D eigenvalue weighted by atomic mass is 32.2. The summed E-state index contributed by atoms with van der Waals surface area (Å²) in [6.45, 7) is 7.09. The van der Waals surface area contributed by atoms with Gasteiger partial charge in [0.15, 0.2) is 0 Å². The molecule has 2 nitrogen and oxygen atoms in total. The zero-order chi connectivity index (χ0) is 14.2. The number of hydrogen-bond donors (Lipinski definition) is 1. The lowest BCUT2D eigenvalue weighted by molar-refractivity contribution is -0.0218. The normalized spacial score (nSPS) is 39.5. The first kappa shape index (κ1) is 15.2. The second-order valence-electron chi connectivity index (χ2n) is 7.87. The second-order valence-corrected chi connectivity index (χ2v) is 8.97. The van der Waals surface area contributed by atoms with Crippen molar-refractivity contribution in [3.8, 4) is 0 Å². The molecule has 1 aliphatic carbocycles. The lowest BCUT2D eigenvalue weighted by Gasteiger charge is -2.57. The minimum Gasteiger partial charge on any atom is -0.329 e. The predicted molar refractivity (Wildman–Crippen MR) is 89.2 cm³/mol. The molecule has 116 valence electrons. The molecular weight excluding hydrogens is 264 g/mol. The number of nitrogens with two attached hydrogens (primary N) is 1. The van der Waals surface area contributed by atoms with Crippen LogP contribution in [0.3, 0.4) is 0 Å². The van der Waals surface area contributed by atoms with E-state index in [0.29, 0.717) is 5.41 Å². The monoisotopic (exact) mass is 296 g/mol. The molecule has 2 N–H and O–H groups in total. The van der Waals surface area contributed by atoms with Gasteiger partial charge in [0.2, 0.25) is 0 Å². The molecule has 3 fully saturated rings. The molecule has 2 heterocycles. The summed E-state index contributed by atoms with van der Waals surface area (Å²) < 4.78 is 0. The van der Waals surface area contributed by atoms with Crippen LogP contribution in [0.1, 0.15) is 58.8 Å². The van der Waals surface area contributed by atoms with Gasteiger partial charge in [-0.25, -0.2) is 0 Å². The van der Waals surface area contributed by atoms with Crippen molar-refractivity contribution in [1.82, 2.24) is 4.90 Å². The van der Waals surface area contributed by atoms with Crippen LogP contribution >= 0.6 is 11.8 Å². The van der Waals surface area contributed by atoms with Crippen molar-refractivity contribution in [3.63, 3.8) is 0 Å². The van der Waals surface area contributed by atoms with Gasteiger partial charge < -0.3 is 5.73 Å². The maximum atomic E-state index is 6.40. The number of hydrogen-bond acceptors (Lipinski definition) is 3. The van der Waals surface area contributed by atoms with Crippen molar-refractivity contribution in [2.24, 2.45) is 17.1 Å². The van der Waals surface area contributed by atoms with Gasteiger partial charge in [0.25, 0.3) is 0 Å². The smallest absolute Gasteiger partial charge is 0.0475 e. The molecule has 0 spiro atoms. The van der Waals surface area contributed by atoms with E-state index in [9.17, 15) is 0 Å². The highest BCUT2D eigenvalue weighted by Crippen LogP contribution is 2.49. The second kappa shape index (κ2) is 5.81. The highest BCUT2D eigenvalue weighted by molar-refractivity contribution is 7.99. The third-order valence-electron chi connectivity index (χ3n) is 6.60. The molecule has 0 aromatic heterocycles. The Morgan fingerprint density at radius 3 is 2.55 bits per heavy atom. The van der Waals surface area contributed by atoms with Crippen LogP contribution in [-0.2, 0) is 0 Å². The lowest BCUT2D eigenvalue weighted by atomic mass is 9.69. The Morgan fingerprint density at radius 1 is 1.15 bits per heavy atom. The summed E-state index contributed by atoms with van der Waals surface area (Å²) in [5.41, 5.74) is 7.02. The van der Waals surface area contributed by atoms with Gasteiger partial charge in [-0.2, -0.15) is 11.8 Å². The van der Waals surface area contributed by atoms with E-state index >= 15 is 0 Å². The molecule has 20 heavy (non-hydrogen) atoms. The zero-order valence-corrected chi connectivity index (χ0v) is 14.2. The Labute approximate surface area is 129 Å². The Balaban J connectivity index is 1.86. The number of likely N-dealkylation sites (tertiary alicyclic amines) is 1. The van der Waals surface area contributed by atoms with Crippen molar-refractivity contribution in [2.45, 2.75) is 70.4 Å². The molecule has 2 aliphatic heterocycles. The van der Waals surface area contributed by atoms with Crippen molar-refractivity contribution in [1.29, 1.82) is 0 Å². The summed E-state index contributed by atoms with van der Waals surface area (Å²) in [7, 11) is 0. The summed E-state index contributed by atoms with van der Waals surface area (Å²) in [6.07, 6.45) is 10.00. The van der Waals surface area contributed by atoms with E-state index in [4.69, 9.17) is 5.73 Å². The van der Waals surface area contributed by atoms with E-state index in [1.807, 2.05) is 0 Å². The molecule has 0 amide bonds. The van der Waals surface area contributed by atoms with Gasteiger partial charge in [-0.1, -0.05) is 26.7 Å². The molecule has 3 rings (SSSR count). The van der Waals surface area contributed by atoms with Gasteiger partial charge in [-0.15, -0.1) is 0 Å². The quantitative estimate of drug-likeness (QED) is 0.864. The largest absolute Gasteiger partial charge is 0.329 e. The molecule has 2 unspecified atom stereocenters. The van der Waals surface area contributed by atoms with Crippen molar-refractivity contribution < 1.29 is 0 Å². The fourth-order valence-corrected chi connectivity index (χ4v) is 6.89. The number of thioether (sulfide) groups is 1. The average molecular weight is 297 g/mol. The first-order chi connectivity index (χ1) is 9.61. The topological polar surface area (TPSA) is 29.3 Å². The summed E-state index contributed by atoms with van der Waals surface area (Å²) in [5, 5.41) is 0. The van der Waals surface area contributed by atoms with Gasteiger partial charge in [0.1, 0.15) is 0 Å². The predicted octanol–water partition coefficient (Wildman–Crippen LogP) is 3.50. The van der Waals surface area contributed by atoms with Crippen LogP contribution < -0.4 is 5.73 Å². The van der Waals surface area contributed by atoms with Gasteiger partial charge >= 0.3 is 0 Å². The fraction of sp³-hybridized carbons (Fsp3) is 1.00. The fourth-order valence-electron chi connectivity index (χ4n) is 5.08. The van der Waals surface area contributed by atoms with Gasteiger partial charge in [-0.05, 0) is 55.7 Å². The average Bonchev–Trinajstić information content (AvgIpc) is 3.09. The summed E-state index contributed by atoms with van der Waals surface area (Å²) >= 11 is 2.14. The Hall–Kier alpha value is 0.270. The third-order valence-corrected chi connectivity index (χ3v) is 7.78. The summed E-state index contributed by atoms with van der Waals surface area (Å²) in [5.74, 6) is 3.53. The van der Waals surface area contributed by atoms with E-state index in [0.717, 1.165) is 18.5 Å². The van der Waals surface area contributed by atoms with Crippen molar-refractivity contribution in [3.05, 3.63) is 0 Å².